The Morgan fingerprint density at radius 2 is 2.40 bits per heavy atom. The van der Waals surface area contributed by atoms with Crippen molar-refractivity contribution >= 4 is 17.2 Å². The molecule has 1 unspecified atom stereocenters. The Balaban J connectivity index is 2.24. The summed E-state index contributed by atoms with van der Waals surface area (Å²) in [6.07, 6.45) is 0.798. The molecular weight excluding hydrogens is 210 g/mol. The predicted molar refractivity (Wildman–Crippen MR) is 62.1 cm³/mol. The van der Waals surface area contributed by atoms with Crippen molar-refractivity contribution in [2.24, 2.45) is 0 Å². The van der Waals surface area contributed by atoms with Gasteiger partial charge < -0.3 is 10.6 Å². The van der Waals surface area contributed by atoms with Gasteiger partial charge in [0.05, 0.1) is 16.7 Å². The number of hydrogen-bond donors (Lipinski definition) is 2. The molecule has 0 aliphatic carbocycles. The summed E-state index contributed by atoms with van der Waals surface area (Å²) in [5.41, 5.74) is 1.05. The standard InChI is InChI=1S/C10H17N3OS/c1-7(11-3)10(14)12-5-4-9-6-15-8(2)13-9/h6-7,11H,4-5H2,1-3H3,(H,12,14). The van der Waals surface area contributed by atoms with Crippen LogP contribution in [-0.2, 0) is 11.2 Å². The van der Waals surface area contributed by atoms with Crippen molar-refractivity contribution < 1.29 is 4.79 Å². The Kier molecular flexibility index (Phi) is 4.71. The van der Waals surface area contributed by atoms with Crippen LogP contribution in [0.3, 0.4) is 0 Å². The van der Waals surface area contributed by atoms with E-state index in [1.165, 1.54) is 0 Å². The van der Waals surface area contributed by atoms with Crippen LogP contribution in [0.1, 0.15) is 17.6 Å². The summed E-state index contributed by atoms with van der Waals surface area (Å²) in [7, 11) is 1.77. The Labute approximate surface area is 94.1 Å². The lowest BCUT2D eigenvalue weighted by atomic mass is 10.3. The molecule has 1 heterocycles. The number of hydrogen-bond acceptors (Lipinski definition) is 4. The van der Waals surface area contributed by atoms with Gasteiger partial charge in [-0.05, 0) is 20.9 Å². The largest absolute Gasteiger partial charge is 0.354 e. The van der Waals surface area contributed by atoms with Gasteiger partial charge in [0.25, 0.3) is 0 Å². The summed E-state index contributed by atoms with van der Waals surface area (Å²) in [5, 5.41) is 8.85. The number of aryl methyl sites for hydroxylation is 1. The van der Waals surface area contributed by atoms with E-state index in [0.29, 0.717) is 6.54 Å². The van der Waals surface area contributed by atoms with Gasteiger partial charge in [-0.15, -0.1) is 11.3 Å². The highest BCUT2D eigenvalue weighted by Crippen LogP contribution is 2.07. The molecule has 0 aliphatic rings. The smallest absolute Gasteiger partial charge is 0.236 e. The summed E-state index contributed by atoms with van der Waals surface area (Å²) in [6.45, 7) is 4.46. The molecular formula is C10H17N3OS. The maximum absolute atomic E-state index is 11.4. The van der Waals surface area contributed by atoms with Crippen LogP contribution in [0, 0.1) is 6.92 Å². The zero-order valence-electron chi connectivity index (χ0n) is 9.33. The normalized spacial score (nSPS) is 12.5. The van der Waals surface area contributed by atoms with Gasteiger partial charge in [0, 0.05) is 18.3 Å². The number of carbonyl (C=O) groups excluding carboxylic acids is 1. The minimum atomic E-state index is -0.137. The molecule has 0 aromatic carbocycles. The molecule has 0 saturated carbocycles. The first kappa shape index (κ1) is 12.1. The molecule has 15 heavy (non-hydrogen) atoms. The molecule has 0 radical (unpaired) electrons. The first-order valence-electron chi connectivity index (χ1n) is 4.99. The highest BCUT2D eigenvalue weighted by Gasteiger charge is 2.08. The highest BCUT2D eigenvalue weighted by molar-refractivity contribution is 7.09. The number of likely N-dealkylation sites (N-methyl/N-ethyl adjacent to an activating group) is 1. The predicted octanol–water partition coefficient (Wildman–Crippen LogP) is 0.718. The summed E-state index contributed by atoms with van der Waals surface area (Å²) in [4.78, 5) is 15.7. The minimum absolute atomic E-state index is 0.0319. The van der Waals surface area contributed by atoms with Crippen LogP contribution < -0.4 is 10.6 Å². The van der Waals surface area contributed by atoms with Crippen LogP contribution >= 0.6 is 11.3 Å². The maximum atomic E-state index is 11.4. The Morgan fingerprint density at radius 3 is 2.93 bits per heavy atom. The van der Waals surface area contributed by atoms with Gasteiger partial charge in [0.2, 0.25) is 5.91 Å². The van der Waals surface area contributed by atoms with E-state index in [-0.39, 0.29) is 11.9 Å². The van der Waals surface area contributed by atoms with Crippen molar-refractivity contribution in [2.45, 2.75) is 26.3 Å². The van der Waals surface area contributed by atoms with Crippen LogP contribution in [-0.4, -0.2) is 30.5 Å². The number of nitrogens with zero attached hydrogens (tertiary/aromatic N) is 1. The van der Waals surface area contributed by atoms with Gasteiger partial charge in [0.1, 0.15) is 0 Å². The van der Waals surface area contributed by atoms with Crippen LogP contribution in [0.15, 0.2) is 5.38 Å². The third-order valence-corrected chi connectivity index (χ3v) is 3.00. The summed E-state index contributed by atoms with van der Waals surface area (Å²) in [5.74, 6) is 0.0319. The van der Waals surface area contributed by atoms with Crippen molar-refractivity contribution in [1.29, 1.82) is 0 Å². The molecule has 0 fully saturated rings. The molecule has 1 amide bonds. The average Bonchev–Trinajstić information content (AvgIpc) is 2.63. The van der Waals surface area contributed by atoms with Crippen molar-refractivity contribution in [3.8, 4) is 0 Å². The van der Waals surface area contributed by atoms with E-state index in [0.717, 1.165) is 17.1 Å². The van der Waals surface area contributed by atoms with Crippen molar-refractivity contribution in [3.05, 3.63) is 16.1 Å². The van der Waals surface area contributed by atoms with Gasteiger partial charge in [-0.3, -0.25) is 4.79 Å². The third kappa shape index (κ3) is 3.97. The molecule has 1 atom stereocenters. The van der Waals surface area contributed by atoms with Crippen LogP contribution in [0.5, 0.6) is 0 Å². The number of rotatable bonds is 5. The Morgan fingerprint density at radius 1 is 1.67 bits per heavy atom. The van der Waals surface area contributed by atoms with E-state index >= 15 is 0 Å². The van der Waals surface area contributed by atoms with E-state index in [4.69, 9.17) is 0 Å². The van der Waals surface area contributed by atoms with Gasteiger partial charge in [-0.1, -0.05) is 0 Å². The first-order chi connectivity index (χ1) is 7.13. The summed E-state index contributed by atoms with van der Waals surface area (Å²) >= 11 is 1.64. The van der Waals surface area contributed by atoms with E-state index < -0.39 is 0 Å². The first-order valence-corrected chi connectivity index (χ1v) is 5.87. The zero-order chi connectivity index (χ0) is 11.3. The second-order valence-corrected chi connectivity index (χ2v) is 4.47. The lowest BCUT2D eigenvalue weighted by molar-refractivity contribution is -0.122. The molecule has 5 heteroatoms. The van der Waals surface area contributed by atoms with Gasteiger partial charge >= 0.3 is 0 Å². The SMILES string of the molecule is CNC(C)C(=O)NCCc1csc(C)n1. The van der Waals surface area contributed by atoms with Crippen molar-refractivity contribution in [3.63, 3.8) is 0 Å². The van der Waals surface area contributed by atoms with Crippen molar-refractivity contribution in [2.75, 3.05) is 13.6 Å². The average molecular weight is 227 g/mol. The number of nitrogens with one attached hydrogen (secondary N) is 2. The molecule has 0 aliphatic heterocycles. The minimum Gasteiger partial charge on any atom is -0.354 e. The fourth-order valence-electron chi connectivity index (χ4n) is 1.12. The Bertz CT molecular complexity index is 324. The maximum Gasteiger partial charge on any atom is 0.236 e. The molecule has 4 nitrogen and oxygen atoms in total. The quantitative estimate of drug-likeness (QED) is 0.779. The van der Waals surface area contributed by atoms with E-state index in [2.05, 4.69) is 15.6 Å². The van der Waals surface area contributed by atoms with Gasteiger partial charge in [0.15, 0.2) is 0 Å². The summed E-state index contributed by atoms with van der Waals surface area (Å²) < 4.78 is 0. The molecule has 84 valence electrons. The molecule has 0 spiro atoms. The lowest BCUT2D eigenvalue weighted by Crippen LogP contribution is -2.41. The Hall–Kier alpha value is -0.940. The van der Waals surface area contributed by atoms with E-state index in [1.807, 2.05) is 19.2 Å². The molecule has 1 rings (SSSR count). The zero-order valence-corrected chi connectivity index (χ0v) is 10.1. The number of amides is 1. The summed E-state index contributed by atoms with van der Waals surface area (Å²) in [6, 6.07) is -0.137. The molecule has 1 aromatic heterocycles. The molecule has 0 saturated heterocycles. The highest BCUT2D eigenvalue weighted by atomic mass is 32.1. The van der Waals surface area contributed by atoms with Crippen LogP contribution in [0.4, 0.5) is 0 Å². The monoisotopic (exact) mass is 227 g/mol. The van der Waals surface area contributed by atoms with Crippen LogP contribution in [0.25, 0.3) is 0 Å². The number of carbonyl (C=O) groups is 1. The fraction of sp³-hybridized carbons (Fsp3) is 0.600. The number of thiazole rings is 1. The third-order valence-electron chi connectivity index (χ3n) is 2.17. The van der Waals surface area contributed by atoms with E-state index in [9.17, 15) is 4.79 Å². The molecule has 1 aromatic rings. The van der Waals surface area contributed by atoms with Crippen molar-refractivity contribution in [1.82, 2.24) is 15.6 Å². The van der Waals surface area contributed by atoms with E-state index in [1.54, 1.807) is 18.4 Å². The van der Waals surface area contributed by atoms with Gasteiger partial charge in [-0.2, -0.15) is 0 Å². The second-order valence-electron chi connectivity index (χ2n) is 3.41. The lowest BCUT2D eigenvalue weighted by Gasteiger charge is -2.09. The van der Waals surface area contributed by atoms with Crippen LogP contribution in [0.2, 0.25) is 0 Å². The molecule has 0 bridgehead atoms. The second kappa shape index (κ2) is 5.82. The fourth-order valence-corrected chi connectivity index (χ4v) is 1.77. The number of aromatic nitrogens is 1. The topological polar surface area (TPSA) is 54.0 Å². The molecule has 2 N–H and O–H groups in total. The van der Waals surface area contributed by atoms with Gasteiger partial charge in [-0.25, -0.2) is 4.98 Å².